The lowest BCUT2D eigenvalue weighted by Gasteiger charge is -2.06. The number of anilines is 2. The number of carbonyl (C=O) groups is 1. The monoisotopic (exact) mass is 475 g/mol. The predicted molar refractivity (Wildman–Crippen MR) is 122 cm³/mol. The number of nitrogens with one attached hydrogen (secondary N) is 1. The molecule has 0 fully saturated rings. The highest BCUT2D eigenvalue weighted by atomic mass is 32.1. The third-order valence-corrected chi connectivity index (χ3v) is 6.28. The summed E-state index contributed by atoms with van der Waals surface area (Å²) in [5.41, 5.74) is 12.1. The van der Waals surface area contributed by atoms with E-state index in [1.807, 2.05) is 6.07 Å². The number of furan rings is 1. The lowest BCUT2D eigenvalue weighted by Crippen LogP contribution is -2.41. The highest BCUT2D eigenvalue weighted by Crippen LogP contribution is 2.43. The van der Waals surface area contributed by atoms with E-state index in [9.17, 15) is 14.9 Å². The number of carbonyl (C=O) groups excluding carboxylic acids is 1. The summed E-state index contributed by atoms with van der Waals surface area (Å²) in [7, 11) is 1.52. The number of nitrogens with zero attached hydrogens (tertiary/aromatic N) is 3. The van der Waals surface area contributed by atoms with Crippen LogP contribution in [-0.4, -0.2) is 23.1 Å². The fourth-order valence-corrected chi connectivity index (χ4v) is 4.66. The molecule has 0 radical (unpaired) electrons. The molecule has 0 bridgehead atoms. The minimum absolute atomic E-state index is 0.0314. The molecule has 5 rings (SSSR count). The van der Waals surface area contributed by atoms with Crippen molar-refractivity contribution in [2.45, 2.75) is 0 Å². The first-order valence-electron chi connectivity index (χ1n) is 9.72. The number of fused-ring (bicyclic) bond motifs is 1. The smallest absolute Gasteiger partial charge is 0.439 e. The van der Waals surface area contributed by atoms with Gasteiger partial charge in [0.25, 0.3) is 5.78 Å². The van der Waals surface area contributed by atoms with Crippen LogP contribution in [0.5, 0.6) is 5.75 Å². The summed E-state index contributed by atoms with van der Waals surface area (Å²) in [6.07, 6.45) is 1.44. The number of hydrogen-bond donors (Lipinski definition) is 3. The summed E-state index contributed by atoms with van der Waals surface area (Å²) in [5.74, 6) is 0.220. The van der Waals surface area contributed by atoms with E-state index in [1.165, 1.54) is 18.1 Å². The Morgan fingerprint density at radius 1 is 1.26 bits per heavy atom. The zero-order chi connectivity index (χ0) is 24.0. The Labute approximate surface area is 194 Å². The summed E-state index contributed by atoms with van der Waals surface area (Å²) >= 11 is 0.949. The van der Waals surface area contributed by atoms with Crippen molar-refractivity contribution in [1.29, 1.82) is 5.26 Å². The van der Waals surface area contributed by atoms with Crippen LogP contribution in [0.15, 0.2) is 56.4 Å². The van der Waals surface area contributed by atoms with E-state index in [2.05, 4.69) is 10.3 Å². The van der Waals surface area contributed by atoms with Crippen LogP contribution >= 0.6 is 11.3 Å². The van der Waals surface area contributed by atoms with Crippen molar-refractivity contribution in [1.82, 2.24) is 10.3 Å². The minimum Gasteiger partial charge on any atom is -0.497 e. The minimum atomic E-state index is -0.880. The summed E-state index contributed by atoms with van der Waals surface area (Å²) < 4.78 is 16.7. The van der Waals surface area contributed by atoms with E-state index < -0.39 is 11.4 Å². The van der Waals surface area contributed by atoms with E-state index in [4.69, 9.17) is 25.1 Å². The Hall–Kier alpha value is -4.89. The zero-order valence-corrected chi connectivity index (χ0v) is 18.3. The van der Waals surface area contributed by atoms with Crippen LogP contribution in [0.4, 0.5) is 11.5 Å². The van der Waals surface area contributed by atoms with Gasteiger partial charge in [0.1, 0.15) is 38.7 Å². The van der Waals surface area contributed by atoms with Crippen LogP contribution in [-0.2, 0) is 0 Å². The number of ether oxygens (including phenoxy) is 1. The van der Waals surface area contributed by atoms with Gasteiger partial charge < -0.3 is 20.6 Å². The second-order valence-corrected chi connectivity index (χ2v) is 8.05. The summed E-state index contributed by atoms with van der Waals surface area (Å²) in [6.45, 7) is 0. The Morgan fingerprint density at radius 2 is 2.03 bits per heavy atom. The average Bonchev–Trinajstić information content (AvgIpc) is 3.57. The normalized spacial score (nSPS) is 10.9. The molecule has 0 unspecified atom stereocenters. The van der Waals surface area contributed by atoms with E-state index >= 15 is 0 Å². The van der Waals surface area contributed by atoms with Crippen LogP contribution < -0.4 is 26.5 Å². The fraction of sp³-hybridized carbons (Fsp3) is 0.0455. The third kappa shape index (κ3) is 3.11. The van der Waals surface area contributed by atoms with Crippen molar-refractivity contribution in [3.8, 4) is 28.8 Å². The molecule has 12 heteroatoms. The fourth-order valence-electron chi connectivity index (χ4n) is 3.61. The second-order valence-electron chi connectivity index (χ2n) is 7.05. The average molecular weight is 475 g/mol. The molecule has 0 amide bonds. The van der Waals surface area contributed by atoms with Gasteiger partial charge in [-0.2, -0.15) is 5.26 Å². The van der Waals surface area contributed by atoms with Crippen LogP contribution in [0.3, 0.4) is 0 Å². The maximum atomic E-state index is 13.5. The molecule has 0 aliphatic carbocycles. The molecule has 0 aliphatic heterocycles. The molecule has 0 spiro atoms. The molecule has 1 aromatic carbocycles. The lowest BCUT2D eigenvalue weighted by atomic mass is 10.0. The second kappa shape index (κ2) is 7.91. The predicted octanol–water partition coefficient (Wildman–Crippen LogP) is 2.39. The van der Waals surface area contributed by atoms with Crippen LogP contribution in [0, 0.1) is 11.3 Å². The van der Waals surface area contributed by atoms with E-state index in [0.29, 0.717) is 33.0 Å². The number of pyridine rings is 1. The SMILES string of the molecule is COc1ccc(-[n+]2[nH]oc(=O)c2C(=O)c2sc3nc(N)c(C#N)c(-c4ccco4)c3c2N)cc1. The number of nitriles is 1. The number of methoxy groups -OCH3 is 1. The van der Waals surface area contributed by atoms with Gasteiger partial charge in [0, 0.05) is 17.5 Å². The van der Waals surface area contributed by atoms with Gasteiger partial charge >= 0.3 is 11.3 Å². The van der Waals surface area contributed by atoms with E-state index in [0.717, 1.165) is 11.3 Å². The molecule has 5 aromatic rings. The molecule has 0 saturated heterocycles. The van der Waals surface area contributed by atoms with Gasteiger partial charge in [-0.3, -0.25) is 9.32 Å². The molecular weight excluding hydrogens is 460 g/mol. The number of aromatic amines is 1. The number of nitrogen functional groups attached to an aromatic ring is 2. The van der Waals surface area contributed by atoms with Crippen molar-refractivity contribution in [3.63, 3.8) is 0 Å². The van der Waals surface area contributed by atoms with Crippen molar-refractivity contribution >= 4 is 38.8 Å². The zero-order valence-electron chi connectivity index (χ0n) is 17.5. The molecule has 5 N–H and O–H groups in total. The first kappa shape index (κ1) is 21.0. The Kier molecular flexibility index (Phi) is 4.88. The van der Waals surface area contributed by atoms with Crippen LogP contribution in [0.1, 0.15) is 20.9 Å². The molecule has 34 heavy (non-hydrogen) atoms. The van der Waals surface area contributed by atoms with E-state index in [-0.39, 0.29) is 27.6 Å². The number of nitrogens with two attached hydrogens (primary N) is 2. The molecule has 4 heterocycles. The first-order chi connectivity index (χ1) is 16.4. The Balaban J connectivity index is 1.72. The topological polar surface area (TPSA) is 178 Å². The quantitative estimate of drug-likeness (QED) is 0.254. The highest BCUT2D eigenvalue weighted by Gasteiger charge is 2.35. The molecule has 168 valence electrons. The Morgan fingerprint density at radius 3 is 2.68 bits per heavy atom. The number of aromatic nitrogens is 3. The van der Waals surface area contributed by atoms with Crippen molar-refractivity contribution in [2.24, 2.45) is 0 Å². The third-order valence-electron chi connectivity index (χ3n) is 5.18. The molecule has 11 nitrogen and oxygen atoms in total. The summed E-state index contributed by atoms with van der Waals surface area (Å²) in [5, 5.41) is 12.4. The van der Waals surface area contributed by atoms with Gasteiger partial charge in [0.2, 0.25) is 5.69 Å². The number of H-pyrrole nitrogens is 1. The van der Waals surface area contributed by atoms with Gasteiger partial charge in [0.05, 0.1) is 24.6 Å². The molecule has 0 saturated carbocycles. The Bertz CT molecular complexity index is 1660. The number of benzene rings is 1. The number of rotatable bonds is 5. The number of ketones is 1. The highest BCUT2D eigenvalue weighted by molar-refractivity contribution is 7.21. The molecule has 0 atom stereocenters. The molecule has 0 aliphatic rings. The van der Waals surface area contributed by atoms with Crippen LogP contribution in [0.2, 0.25) is 0 Å². The first-order valence-corrected chi connectivity index (χ1v) is 10.5. The number of hydrogen-bond acceptors (Lipinski definition) is 10. The van der Waals surface area contributed by atoms with Crippen molar-refractivity contribution < 1.29 is 23.2 Å². The maximum absolute atomic E-state index is 13.5. The van der Waals surface area contributed by atoms with Crippen LogP contribution in [0.25, 0.3) is 27.2 Å². The molecular formula is C22H15N6O5S+. The summed E-state index contributed by atoms with van der Waals surface area (Å²) in [4.78, 5) is 30.6. The van der Waals surface area contributed by atoms with Crippen molar-refractivity contribution in [3.05, 3.63) is 69.2 Å². The summed E-state index contributed by atoms with van der Waals surface area (Å²) in [6, 6.07) is 11.9. The largest absolute Gasteiger partial charge is 0.497 e. The van der Waals surface area contributed by atoms with Gasteiger partial charge in [-0.1, -0.05) is 0 Å². The van der Waals surface area contributed by atoms with Gasteiger partial charge in [-0.05, 0) is 34.2 Å². The van der Waals surface area contributed by atoms with Gasteiger partial charge in [-0.25, -0.2) is 9.78 Å². The lowest BCUT2D eigenvalue weighted by molar-refractivity contribution is -0.672. The van der Waals surface area contributed by atoms with Crippen molar-refractivity contribution in [2.75, 3.05) is 18.6 Å². The van der Waals surface area contributed by atoms with Gasteiger partial charge in [-0.15, -0.1) is 11.3 Å². The standard InChI is InChI=1S/C22H14N6O5S/c1-31-11-6-4-10(5-7-11)28-17(22(30)33-27-28)18(29)19-16(24)15-14(13-3-2-8-32-13)12(9-23)20(25)26-21(15)34-19/h2-8H,1H3,(H4-,24,25,26,27,29,30)/p+1. The van der Waals surface area contributed by atoms with Gasteiger partial charge in [0.15, 0.2) is 0 Å². The molecule has 4 aromatic heterocycles. The van der Waals surface area contributed by atoms with E-state index in [1.54, 1.807) is 36.4 Å². The number of thiophene rings is 1. The maximum Gasteiger partial charge on any atom is 0.439 e.